The van der Waals surface area contributed by atoms with Crippen molar-refractivity contribution in [2.45, 2.75) is 77.0 Å². The fourth-order valence-electron chi connectivity index (χ4n) is 2.63. The van der Waals surface area contributed by atoms with E-state index in [0.717, 1.165) is 25.7 Å². The van der Waals surface area contributed by atoms with Gasteiger partial charge in [0.2, 0.25) is 0 Å². The summed E-state index contributed by atoms with van der Waals surface area (Å²) in [6, 6.07) is 0.0610. The van der Waals surface area contributed by atoms with Gasteiger partial charge in [0, 0.05) is 6.04 Å². The molecule has 0 bridgehead atoms. The smallest absolute Gasteiger partial charge is 0.407 e. The monoisotopic (exact) mass is 301 g/mol. The van der Waals surface area contributed by atoms with Crippen LogP contribution in [0, 0.1) is 5.92 Å². The Balaban J connectivity index is 2.36. The summed E-state index contributed by atoms with van der Waals surface area (Å²) in [5.41, 5.74) is -2.18. The summed E-state index contributed by atoms with van der Waals surface area (Å²) in [4.78, 5) is 22.6. The molecule has 1 rings (SSSR count). The average Bonchev–Trinajstić information content (AvgIpc) is 2.28. The van der Waals surface area contributed by atoms with Crippen LogP contribution in [0.1, 0.15) is 59.8 Å². The van der Waals surface area contributed by atoms with Gasteiger partial charge < -0.3 is 20.3 Å². The average molecular weight is 301 g/mol. The highest BCUT2D eigenvalue weighted by Gasteiger charge is 2.35. The van der Waals surface area contributed by atoms with Crippen LogP contribution < -0.4 is 5.32 Å². The van der Waals surface area contributed by atoms with E-state index >= 15 is 0 Å². The van der Waals surface area contributed by atoms with E-state index in [-0.39, 0.29) is 18.4 Å². The number of aliphatic carboxylic acids is 1. The number of carboxylic acid groups (broad SMARTS) is 1. The summed E-state index contributed by atoms with van der Waals surface area (Å²) in [7, 11) is 0. The van der Waals surface area contributed by atoms with Crippen molar-refractivity contribution in [1.82, 2.24) is 5.32 Å². The zero-order valence-electron chi connectivity index (χ0n) is 13.3. The van der Waals surface area contributed by atoms with Gasteiger partial charge in [-0.15, -0.1) is 0 Å². The van der Waals surface area contributed by atoms with Gasteiger partial charge >= 0.3 is 12.1 Å². The second-order valence-corrected chi connectivity index (χ2v) is 7.15. The molecule has 122 valence electrons. The fraction of sp³-hybridized carbons (Fsp3) is 0.867. The molecular formula is C15H27NO5. The molecule has 0 aromatic carbocycles. The van der Waals surface area contributed by atoms with Crippen LogP contribution in [0.2, 0.25) is 0 Å². The van der Waals surface area contributed by atoms with Crippen molar-refractivity contribution in [2.75, 3.05) is 0 Å². The number of aliphatic hydroxyl groups is 1. The summed E-state index contributed by atoms with van der Waals surface area (Å²) in [6.07, 6.45) is 2.98. The lowest BCUT2D eigenvalue weighted by atomic mass is 9.79. The second kappa shape index (κ2) is 6.64. The molecule has 0 spiro atoms. The number of ether oxygens (including phenoxy) is 1. The van der Waals surface area contributed by atoms with Crippen LogP contribution in [0.4, 0.5) is 4.79 Å². The maximum absolute atomic E-state index is 11.7. The molecule has 1 atom stereocenters. The van der Waals surface area contributed by atoms with Gasteiger partial charge in [0.05, 0.1) is 0 Å². The van der Waals surface area contributed by atoms with Gasteiger partial charge in [-0.1, -0.05) is 0 Å². The van der Waals surface area contributed by atoms with Crippen molar-refractivity contribution in [2.24, 2.45) is 5.92 Å². The van der Waals surface area contributed by atoms with E-state index in [4.69, 9.17) is 9.84 Å². The number of hydrogen-bond donors (Lipinski definition) is 3. The Kier molecular flexibility index (Phi) is 5.61. The third-order valence-electron chi connectivity index (χ3n) is 3.71. The summed E-state index contributed by atoms with van der Waals surface area (Å²) in [5, 5.41) is 21.6. The number of hydrogen-bond acceptors (Lipinski definition) is 4. The van der Waals surface area contributed by atoms with Gasteiger partial charge in [-0.25, -0.2) is 9.59 Å². The highest BCUT2D eigenvalue weighted by molar-refractivity contribution is 5.76. The van der Waals surface area contributed by atoms with E-state index in [0.29, 0.717) is 0 Å². The van der Waals surface area contributed by atoms with E-state index in [1.165, 1.54) is 6.92 Å². The van der Waals surface area contributed by atoms with Crippen molar-refractivity contribution in [3.8, 4) is 0 Å². The van der Waals surface area contributed by atoms with Gasteiger partial charge in [-0.2, -0.15) is 0 Å². The minimum Gasteiger partial charge on any atom is -0.479 e. The molecule has 3 N–H and O–H groups in total. The predicted octanol–water partition coefficient (Wildman–Crippen LogP) is 2.30. The number of nitrogens with one attached hydrogen (secondary N) is 1. The Morgan fingerprint density at radius 2 is 1.67 bits per heavy atom. The summed E-state index contributed by atoms with van der Waals surface area (Å²) >= 11 is 0. The lowest BCUT2D eigenvalue weighted by Crippen LogP contribution is -2.42. The van der Waals surface area contributed by atoms with Gasteiger partial charge in [0.25, 0.3) is 0 Å². The molecule has 6 heteroatoms. The van der Waals surface area contributed by atoms with Crippen LogP contribution in [-0.2, 0) is 9.53 Å². The fourth-order valence-corrected chi connectivity index (χ4v) is 2.63. The van der Waals surface area contributed by atoms with E-state index in [1.807, 2.05) is 20.8 Å². The third kappa shape index (κ3) is 6.33. The topological polar surface area (TPSA) is 95.9 Å². The first-order valence-corrected chi connectivity index (χ1v) is 7.45. The van der Waals surface area contributed by atoms with Gasteiger partial charge in [-0.05, 0) is 65.7 Å². The quantitative estimate of drug-likeness (QED) is 0.740. The summed E-state index contributed by atoms with van der Waals surface area (Å²) in [5.74, 6) is -1.01. The van der Waals surface area contributed by atoms with Crippen LogP contribution in [-0.4, -0.2) is 39.5 Å². The molecule has 1 fully saturated rings. The number of amides is 1. The van der Waals surface area contributed by atoms with Crippen molar-refractivity contribution in [3.63, 3.8) is 0 Å². The Hall–Kier alpha value is -1.30. The number of alkyl carbamates (subject to hydrolysis) is 1. The molecule has 1 amide bonds. The molecule has 21 heavy (non-hydrogen) atoms. The van der Waals surface area contributed by atoms with Crippen molar-refractivity contribution in [1.29, 1.82) is 0 Å². The lowest BCUT2D eigenvalue weighted by molar-refractivity contribution is -0.158. The normalized spacial score (nSPS) is 25.8. The van der Waals surface area contributed by atoms with E-state index < -0.39 is 23.3 Å². The molecule has 0 aromatic heterocycles. The highest BCUT2D eigenvalue weighted by atomic mass is 16.6. The number of carbonyl (C=O) groups is 2. The molecule has 1 saturated carbocycles. The Bertz CT molecular complexity index is 378. The maximum atomic E-state index is 11.7. The largest absolute Gasteiger partial charge is 0.479 e. The zero-order chi connectivity index (χ0) is 16.3. The minimum absolute atomic E-state index is 0.0610. The maximum Gasteiger partial charge on any atom is 0.407 e. The van der Waals surface area contributed by atoms with E-state index in [9.17, 15) is 14.7 Å². The van der Waals surface area contributed by atoms with Crippen LogP contribution in [0.3, 0.4) is 0 Å². The molecule has 0 aliphatic heterocycles. The zero-order valence-corrected chi connectivity index (χ0v) is 13.3. The number of carboxylic acids is 1. The van der Waals surface area contributed by atoms with Crippen LogP contribution in [0.5, 0.6) is 0 Å². The van der Waals surface area contributed by atoms with Crippen molar-refractivity contribution < 1.29 is 24.5 Å². The van der Waals surface area contributed by atoms with Crippen molar-refractivity contribution in [3.05, 3.63) is 0 Å². The first kappa shape index (κ1) is 17.8. The predicted molar refractivity (Wildman–Crippen MR) is 78.0 cm³/mol. The van der Waals surface area contributed by atoms with E-state index in [1.54, 1.807) is 0 Å². The molecule has 1 aliphatic carbocycles. The number of carbonyl (C=O) groups excluding carboxylic acids is 1. The first-order valence-electron chi connectivity index (χ1n) is 7.45. The number of rotatable bonds is 4. The summed E-state index contributed by atoms with van der Waals surface area (Å²) in [6.45, 7) is 6.78. The molecule has 0 saturated heterocycles. The van der Waals surface area contributed by atoms with Crippen molar-refractivity contribution >= 4 is 12.1 Å². The van der Waals surface area contributed by atoms with Crippen LogP contribution >= 0.6 is 0 Å². The first-order chi connectivity index (χ1) is 9.49. The Morgan fingerprint density at radius 1 is 1.14 bits per heavy atom. The van der Waals surface area contributed by atoms with E-state index in [2.05, 4.69) is 5.32 Å². The van der Waals surface area contributed by atoms with Crippen LogP contribution in [0.25, 0.3) is 0 Å². The third-order valence-corrected chi connectivity index (χ3v) is 3.71. The Labute approximate surface area is 125 Å². The SMILES string of the molecule is CC(C)(C)OC(=O)NC1CCC(CC(C)(O)C(=O)O)CC1. The van der Waals surface area contributed by atoms with Gasteiger partial charge in [-0.3, -0.25) is 0 Å². The molecule has 0 radical (unpaired) electrons. The lowest BCUT2D eigenvalue weighted by Gasteiger charge is -2.32. The highest BCUT2D eigenvalue weighted by Crippen LogP contribution is 2.31. The molecule has 1 aliphatic rings. The molecular weight excluding hydrogens is 274 g/mol. The summed E-state index contributed by atoms with van der Waals surface area (Å²) < 4.78 is 5.21. The second-order valence-electron chi connectivity index (χ2n) is 7.15. The Morgan fingerprint density at radius 3 is 2.10 bits per heavy atom. The molecule has 0 aromatic rings. The molecule has 6 nitrogen and oxygen atoms in total. The van der Waals surface area contributed by atoms with Crippen LogP contribution in [0.15, 0.2) is 0 Å². The van der Waals surface area contributed by atoms with Gasteiger partial charge in [0.15, 0.2) is 5.60 Å². The molecule has 0 heterocycles. The van der Waals surface area contributed by atoms with Gasteiger partial charge in [0.1, 0.15) is 5.60 Å². The minimum atomic E-state index is -1.67. The standard InChI is InChI=1S/C15H27NO5/c1-14(2,3)21-13(19)16-11-7-5-10(6-8-11)9-15(4,20)12(17)18/h10-11,20H,5-9H2,1-4H3,(H,16,19)(H,17,18). The molecule has 1 unspecified atom stereocenters.